The Labute approximate surface area is 200 Å². The lowest BCUT2D eigenvalue weighted by molar-refractivity contribution is -0.137. The quantitative estimate of drug-likeness (QED) is 0.0853. The van der Waals surface area contributed by atoms with Crippen molar-refractivity contribution < 1.29 is 14.6 Å². The first-order valence-electron chi connectivity index (χ1n) is 14.2. The van der Waals surface area contributed by atoms with Crippen LogP contribution in [0.2, 0.25) is 0 Å². The van der Waals surface area contributed by atoms with Gasteiger partial charge in [0.15, 0.2) is 0 Å². The summed E-state index contributed by atoms with van der Waals surface area (Å²) in [5.74, 6) is -0.152. The van der Waals surface area contributed by atoms with Gasteiger partial charge in [-0.05, 0) is 44.9 Å². The van der Waals surface area contributed by atoms with Crippen molar-refractivity contribution in [2.45, 2.75) is 155 Å². The maximum atomic E-state index is 12.3. The minimum absolute atomic E-state index is 0.152. The summed E-state index contributed by atoms with van der Waals surface area (Å²) in [7, 11) is 0. The Morgan fingerprint density at radius 3 is 1.47 bits per heavy atom. The fourth-order valence-electron chi connectivity index (χ4n) is 4.19. The van der Waals surface area contributed by atoms with Gasteiger partial charge >= 0.3 is 5.97 Å². The molecule has 0 saturated carbocycles. The zero-order valence-corrected chi connectivity index (χ0v) is 21.8. The molecule has 32 heavy (non-hydrogen) atoms. The monoisotopic (exact) mass is 452 g/mol. The maximum Gasteiger partial charge on any atom is 0.330 e. The molecule has 1 N–H and O–H groups in total. The lowest BCUT2D eigenvalue weighted by Gasteiger charge is -2.09. The normalized spacial score (nSPS) is 11.0. The van der Waals surface area contributed by atoms with Gasteiger partial charge in [-0.2, -0.15) is 0 Å². The van der Waals surface area contributed by atoms with E-state index >= 15 is 0 Å². The van der Waals surface area contributed by atoms with E-state index in [0.717, 1.165) is 38.5 Å². The van der Waals surface area contributed by atoms with Crippen LogP contribution in [-0.2, 0) is 9.53 Å². The molecule has 0 unspecified atom stereocenters. The largest absolute Gasteiger partial charge is 0.463 e. The SMILES string of the molecule is CCCCCCCCCCC(=CC(=O)OCCCCCCO)CCCCCCCCCC. The molecule has 0 radical (unpaired) electrons. The first-order valence-corrected chi connectivity index (χ1v) is 14.2. The van der Waals surface area contributed by atoms with Gasteiger partial charge in [-0.1, -0.05) is 116 Å². The lowest BCUT2D eigenvalue weighted by Crippen LogP contribution is -2.04. The van der Waals surface area contributed by atoms with Crippen LogP contribution in [0, 0.1) is 0 Å². The van der Waals surface area contributed by atoms with E-state index in [-0.39, 0.29) is 12.6 Å². The number of ether oxygens (including phenoxy) is 1. The Morgan fingerprint density at radius 1 is 0.594 bits per heavy atom. The average molecular weight is 453 g/mol. The topological polar surface area (TPSA) is 46.5 Å². The third-order valence-electron chi connectivity index (χ3n) is 6.32. The predicted molar refractivity (Wildman–Crippen MR) is 139 cm³/mol. The van der Waals surface area contributed by atoms with Gasteiger partial charge in [0.1, 0.15) is 0 Å². The van der Waals surface area contributed by atoms with Crippen molar-refractivity contribution in [3.05, 3.63) is 11.6 Å². The lowest BCUT2D eigenvalue weighted by atomic mass is 9.99. The molecule has 0 spiro atoms. The van der Waals surface area contributed by atoms with Crippen molar-refractivity contribution in [1.29, 1.82) is 0 Å². The van der Waals surface area contributed by atoms with Gasteiger partial charge in [-0.3, -0.25) is 0 Å². The molecular weight excluding hydrogens is 396 g/mol. The molecule has 0 fully saturated rings. The molecule has 0 saturated heterocycles. The van der Waals surface area contributed by atoms with Gasteiger partial charge < -0.3 is 9.84 Å². The highest BCUT2D eigenvalue weighted by Crippen LogP contribution is 2.19. The van der Waals surface area contributed by atoms with E-state index in [1.54, 1.807) is 6.08 Å². The summed E-state index contributed by atoms with van der Waals surface area (Å²) in [6.07, 6.45) is 28.9. The standard InChI is InChI=1S/C29H56O3/c1-3-5-7-9-11-13-15-19-23-28(24-20-16-14-12-10-8-6-4-2)27-29(31)32-26-22-18-17-21-25-30/h27,30H,3-26H2,1-2H3. The highest BCUT2D eigenvalue weighted by Gasteiger charge is 2.05. The number of carbonyl (C=O) groups is 1. The van der Waals surface area contributed by atoms with Gasteiger partial charge in [-0.15, -0.1) is 0 Å². The van der Waals surface area contributed by atoms with E-state index in [1.807, 2.05) is 0 Å². The second-order valence-corrected chi connectivity index (χ2v) is 9.56. The van der Waals surface area contributed by atoms with Crippen LogP contribution in [0.4, 0.5) is 0 Å². The summed E-state index contributed by atoms with van der Waals surface area (Å²) in [6, 6.07) is 0. The summed E-state index contributed by atoms with van der Waals surface area (Å²) in [6.45, 7) is 5.29. The summed E-state index contributed by atoms with van der Waals surface area (Å²) in [5, 5.41) is 8.82. The van der Waals surface area contributed by atoms with Crippen molar-refractivity contribution in [3.63, 3.8) is 0 Å². The van der Waals surface area contributed by atoms with Crippen molar-refractivity contribution in [1.82, 2.24) is 0 Å². The fraction of sp³-hybridized carbons (Fsp3) is 0.897. The van der Waals surface area contributed by atoms with Crippen LogP contribution in [0.5, 0.6) is 0 Å². The Morgan fingerprint density at radius 2 is 1.00 bits per heavy atom. The van der Waals surface area contributed by atoms with E-state index < -0.39 is 0 Å². The maximum absolute atomic E-state index is 12.3. The second kappa shape index (κ2) is 26.4. The van der Waals surface area contributed by atoms with Crippen LogP contribution in [0.3, 0.4) is 0 Å². The molecule has 0 amide bonds. The first-order chi connectivity index (χ1) is 15.7. The van der Waals surface area contributed by atoms with Crippen LogP contribution in [0.1, 0.15) is 155 Å². The van der Waals surface area contributed by atoms with Crippen molar-refractivity contribution in [2.75, 3.05) is 13.2 Å². The highest BCUT2D eigenvalue weighted by molar-refractivity contribution is 5.82. The summed E-state index contributed by atoms with van der Waals surface area (Å²) in [4.78, 5) is 12.3. The van der Waals surface area contributed by atoms with Crippen molar-refractivity contribution >= 4 is 5.97 Å². The van der Waals surface area contributed by atoms with Crippen molar-refractivity contribution in [3.8, 4) is 0 Å². The number of carbonyl (C=O) groups excluding carboxylic acids is 1. The molecule has 0 aliphatic carbocycles. The number of aliphatic hydroxyl groups is 1. The number of esters is 1. The van der Waals surface area contributed by atoms with E-state index in [9.17, 15) is 4.79 Å². The van der Waals surface area contributed by atoms with Gasteiger partial charge in [0.05, 0.1) is 6.61 Å². The molecule has 0 aromatic heterocycles. The van der Waals surface area contributed by atoms with Crippen LogP contribution in [0.15, 0.2) is 11.6 Å². The molecule has 0 aromatic rings. The van der Waals surface area contributed by atoms with Gasteiger partial charge in [-0.25, -0.2) is 4.79 Å². The Hall–Kier alpha value is -0.830. The predicted octanol–water partition coefficient (Wildman–Crippen LogP) is 9.07. The number of hydrogen-bond donors (Lipinski definition) is 1. The summed E-state index contributed by atoms with van der Waals surface area (Å²) < 4.78 is 5.44. The number of allylic oxidation sites excluding steroid dienone is 1. The van der Waals surface area contributed by atoms with E-state index in [1.165, 1.54) is 108 Å². The molecule has 0 aromatic carbocycles. The molecule has 3 nitrogen and oxygen atoms in total. The van der Waals surface area contributed by atoms with Crippen molar-refractivity contribution in [2.24, 2.45) is 0 Å². The van der Waals surface area contributed by atoms with Gasteiger partial charge in [0.25, 0.3) is 0 Å². The van der Waals surface area contributed by atoms with Crippen LogP contribution in [0.25, 0.3) is 0 Å². The summed E-state index contributed by atoms with van der Waals surface area (Å²) >= 11 is 0. The van der Waals surface area contributed by atoms with Gasteiger partial charge in [0.2, 0.25) is 0 Å². The van der Waals surface area contributed by atoms with Crippen LogP contribution >= 0.6 is 0 Å². The zero-order chi connectivity index (χ0) is 23.5. The Bertz CT molecular complexity index is 395. The molecular formula is C29H56O3. The molecule has 0 bridgehead atoms. The number of unbranched alkanes of at least 4 members (excludes halogenated alkanes) is 17. The smallest absolute Gasteiger partial charge is 0.330 e. The summed E-state index contributed by atoms with van der Waals surface area (Å²) in [5.41, 5.74) is 1.30. The molecule has 0 atom stereocenters. The van der Waals surface area contributed by atoms with Crippen LogP contribution < -0.4 is 0 Å². The average Bonchev–Trinajstić information content (AvgIpc) is 2.79. The molecule has 190 valence electrons. The fourth-order valence-corrected chi connectivity index (χ4v) is 4.19. The Kier molecular flexibility index (Phi) is 25.7. The second-order valence-electron chi connectivity index (χ2n) is 9.56. The number of rotatable bonds is 25. The minimum atomic E-state index is -0.152. The van der Waals surface area contributed by atoms with E-state index in [0.29, 0.717) is 6.61 Å². The third-order valence-corrected chi connectivity index (χ3v) is 6.32. The van der Waals surface area contributed by atoms with E-state index in [4.69, 9.17) is 9.84 Å². The molecule has 0 aliphatic heterocycles. The number of hydrogen-bond acceptors (Lipinski definition) is 3. The molecule has 0 rings (SSSR count). The molecule has 0 aliphatic rings. The highest BCUT2D eigenvalue weighted by atomic mass is 16.5. The van der Waals surface area contributed by atoms with E-state index in [2.05, 4.69) is 13.8 Å². The third kappa shape index (κ3) is 23.8. The zero-order valence-electron chi connectivity index (χ0n) is 21.8. The first kappa shape index (κ1) is 31.2. The Balaban J connectivity index is 4.15. The number of aliphatic hydroxyl groups excluding tert-OH is 1. The van der Waals surface area contributed by atoms with Gasteiger partial charge in [0, 0.05) is 12.7 Å². The molecule has 0 heterocycles. The molecule has 3 heteroatoms. The van der Waals surface area contributed by atoms with Crippen LogP contribution in [-0.4, -0.2) is 24.3 Å². The minimum Gasteiger partial charge on any atom is -0.463 e.